The number of hydrogen-bond donors (Lipinski definition) is 2. The van der Waals surface area contributed by atoms with Crippen molar-refractivity contribution in [3.05, 3.63) is 18.0 Å². The van der Waals surface area contributed by atoms with Crippen LogP contribution >= 0.6 is 0 Å². The molecule has 3 N–H and O–H groups in total. The lowest BCUT2D eigenvalue weighted by atomic mass is 10.2. The summed E-state index contributed by atoms with van der Waals surface area (Å²) >= 11 is 0. The summed E-state index contributed by atoms with van der Waals surface area (Å²) in [4.78, 5) is 0. The van der Waals surface area contributed by atoms with Gasteiger partial charge in [0.2, 0.25) is 0 Å². The Bertz CT molecular complexity index is 425. The number of aromatic amines is 1. The molecule has 0 fully saturated rings. The largest absolute Gasteiger partial charge is 0.382 e. The summed E-state index contributed by atoms with van der Waals surface area (Å²) in [6, 6.07) is 1.80. The van der Waals surface area contributed by atoms with Crippen molar-refractivity contribution in [1.29, 1.82) is 0 Å². The molecule has 2 rings (SSSR count). The summed E-state index contributed by atoms with van der Waals surface area (Å²) in [6.07, 6.45) is 1.93. The van der Waals surface area contributed by atoms with Crippen molar-refractivity contribution in [2.45, 2.75) is 6.92 Å². The Kier molecular flexibility index (Phi) is 1.58. The molecule has 0 spiro atoms. The second-order valence-corrected chi connectivity index (χ2v) is 3.01. The van der Waals surface area contributed by atoms with E-state index in [0.717, 1.165) is 17.0 Å². The van der Waals surface area contributed by atoms with Crippen molar-refractivity contribution in [2.75, 3.05) is 5.73 Å². The van der Waals surface area contributed by atoms with Gasteiger partial charge in [0.15, 0.2) is 0 Å². The molecule has 0 unspecified atom stereocenters. The first-order valence-electron chi connectivity index (χ1n) is 3.98. The molecule has 68 valence electrons. The van der Waals surface area contributed by atoms with E-state index >= 15 is 0 Å². The van der Waals surface area contributed by atoms with Gasteiger partial charge in [-0.15, -0.1) is 0 Å². The minimum absolute atomic E-state index is 0.498. The SMILES string of the molecule is Cc1nn(C)cc1-c1cc(N)n[nH]1. The van der Waals surface area contributed by atoms with Crippen LogP contribution in [-0.2, 0) is 7.05 Å². The summed E-state index contributed by atoms with van der Waals surface area (Å²) < 4.78 is 1.77. The number of H-pyrrole nitrogens is 1. The highest BCUT2D eigenvalue weighted by Gasteiger charge is 2.07. The molecule has 0 amide bonds. The first kappa shape index (κ1) is 7.85. The van der Waals surface area contributed by atoms with Gasteiger partial charge in [0.1, 0.15) is 5.82 Å². The van der Waals surface area contributed by atoms with Crippen molar-refractivity contribution in [3.8, 4) is 11.3 Å². The van der Waals surface area contributed by atoms with Crippen LogP contribution < -0.4 is 5.73 Å². The zero-order valence-electron chi connectivity index (χ0n) is 7.57. The van der Waals surface area contributed by atoms with Gasteiger partial charge in [0.05, 0.1) is 11.4 Å². The van der Waals surface area contributed by atoms with Gasteiger partial charge in [-0.05, 0) is 6.92 Å². The van der Waals surface area contributed by atoms with Crippen LogP contribution in [0.25, 0.3) is 11.3 Å². The highest BCUT2D eigenvalue weighted by Crippen LogP contribution is 2.20. The smallest absolute Gasteiger partial charge is 0.145 e. The monoisotopic (exact) mass is 177 g/mol. The van der Waals surface area contributed by atoms with E-state index in [9.17, 15) is 0 Å². The van der Waals surface area contributed by atoms with Crippen LogP contribution in [0.4, 0.5) is 5.82 Å². The van der Waals surface area contributed by atoms with Gasteiger partial charge < -0.3 is 5.73 Å². The van der Waals surface area contributed by atoms with Crippen molar-refractivity contribution in [2.24, 2.45) is 7.05 Å². The van der Waals surface area contributed by atoms with Crippen LogP contribution in [0.2, 0.25) is 0 Å². The molecule has 0 atom stereocenters. The first-order valence-corrected chi connectivity index (χ1v) is 3.98. The standard InChI is InChI=1S/C8H11N5/c1-5-6(4-13(2)12-5)7-3-8(9)11-10-7/h3-4H,1-2H3,(H3,9,10,11). The number of nitrogens with two attached hydrogens (primary N) is 1. The third kappa shape index (κ3) is 1.28. The highest BCUT2D eigenvalue weighted by molar-refractivity contribution is 5.63. The summed E-state index contributed by atoms with van der Waals surface area (Å²) in [7, 11) is 1.89. The molecule has 5 heteroatoms. The van der Waals surface area contributed by atoms with Crippen LogP contribution in [0.5, 0.6) is 0 Å². The summed E-state index contributed by atoms with van der Waals surface area (Å²) in [6.45, 7) is 1.95. The molecule has 2 heterocycles. The molecule has 0 bridgehead atoms. The lowest BCUT2D eigenvalue weighted by molar-refractivity contribution is 0.756. The van der Waals surface area contributed by atoms with E-state index in [1.54, 1.807) is 10.7 Å². The Hall–Kier alpha value is -1.78. The number of rotatable bonds is 1. The molecule has 0 aliphatic rings. The number of nitrogens with zero attached hydrogens (tertiary/aromatic N) is 3. The normalized spacial score (nSPS) is 10.6. The maximum absolute atomic E-state index is 5.50. The van der Waals surface area contributed by atoms with Crippen LogP contribution in [0.15, 0.2) is 12.3 Å². The van der Waals surface area contributed by atoms with Gasteiger partial charge >= 0.3 is 0 Å². The number of aromatic nitrogens is 4. The fourth-order valence-corrected chi connectivity index (χ4v) is 1.34. The van der Waals surface area contributed by atoms with Gasteiger partial charge in [-0.3, -0.25) is 9.78 Å². The Morgan fingerprint density at radius 3 is 2.77 bits per heavy atom. The van der Waals surface area contributed by atoms with E-state index in [1.807, 2.05) is 20.2 Å². The molecule has 0 saturated heterocycles. The highest BCUT2D eigenvalue weighted by atomic mass is 15.3. The van der Waals surface area contributed by atoms with Crippen molar-refractivity contribution < 1.29 is 0 Å². The number of nitrogens with one attached hydrogen (secondary N) is 1. The third-order valence-corrected chi connectivity index (χ3v) is 1.90. The molecule has 0 radical (unpaired) electrons. The summed E-state index contributed by atoms with van der Waals surface area (Å²) in [5.74, 6) is 0.498. The van der Waals surface area contributed by atoms with E-state index in [4.69, 9.17) is 5.73 Å². The lowest BCUT2D eigenvalue weighted by Crippen LogP contribution is -1.86. The van der Waals surface area contributed by atoms with Crippen molar-refractivity contribution in [1.82, 2.24) is 20.0 Å². The quantitative estimate of drug-likeness (QED) is 0.673. The van der Waals surface area contributed by atoms with Gasteiger partial charge in [-0.1, -0.05) is 0 Å². The second kappa shape index (κ2) is 2.62. The fraction of sp³-hybridized carbons (Fsp3) is 0.250. The predicted octanol–water partition coefficient (Wildman–Crippen LogP) is 0.701. The van der Waals surface area contributed by atoms with E-state index in [0.29, 0.717) is 5.82 Å². The molecular weight excluding hydrogens is 166 g/mol. The molecule has 0 aliphatic carbocycles. The molecule has 2 aromatic heterocycles. The molecule has 0 saturated carbocycles. The van der Waals surface area contributed by atoms with Crippen LogP contribution in [-0.4, -0.2) is 20.0 Å². The molecule has 13 heavy (non-hydrogen) atoms. The van der Waals surface area contributed by atoms with Gasteiger partial charge in [0.25, 0.3) is 0 Å². The van der Waals surface area contributed by atoms with Crippen LogP contribution in [0.1, 0.15) is 5.69 Å². The fourth-order valence-electron chi connectivity index (χ4n) is 1.34. The molecule has 0 aromatic carbocycles. The maximum Gasteiger partial charge on any atom is 0.145 e. The average Bonchev–Trinajstić information content (AvgIpc) is 2.58. The number of hydrogen-bond acceptors (Lipinski definition) is 3. The van der Waals surface area contributed by atoms with E-state index in [1.165, 1.54) is 0 Å². The molecule has 2 aromatic rings. The molecule has 0 aliphatic heterocycles. The first-order chi connectivity index (χ1) is 6.16. The Labute approximate surface area is 75.6 Å². The topological polar surface area (TPSA) is 72.5 Å². The lowest BCUT2D eigenvalue weighted by Gasteiger charge is -1.89. The van der Waals surface area contributed by atoms with Gasteiger partial charge in [0, 0.05) is 24.9 Å². The van der Waals surface area contributed by atoms with Gasteiger partial charge in [-0.2, -0.15) is 10.2 Å². The zero-order chi connectivity index (χ0) is 9.42. The number of aryl methyl sites for hydroxylation is 2. The Balaban J connectivity index is 2.51. The van der Waals surface area contributed by atoms with E-state index in [-0.39, 0.29) is 0 Å². The number of nitrogen functional groups attached to an aromatic ring is 1. The van der Waals surface area contributed by atoms with Crippen molar-refractivity contribution in [3.63, 3.8) is 0 Å². The maximum atomic E-state index is 5.50. The van der Waals surface area contributed by atoms with Crippen molar-refractivity contribution >= 4 is 5.82 Å². The predicted molar refractivity (Wildman–Crippen MR) is 49.9 cm³/mol. The average molecular weight is 177 g/mol. The van der Waals surface area contributed by atoms with Gasteiger partial charge in [-0.25, -0.2) is 0 Å². The Morgan fingerprint density at radius 1 is 1.54 bits per heavy atom. The minimum atomic E-state index is 0.498. The van der Waals surface area contributed by atoms with Crippen LogP contribution in [0, 0.1) is 6.92 Å². The number of anilines is 1. The van der Waals surface area contributed by atoms with E-state index < -0.39 is 0 Å². The Morgan fingerprint density at radius 2 is 2.31 bits per heavy atom. The van der Waals surface area contributed by atoms with E-state index in [2.05, 4.69) is 15.3 Å². The summed E-state index contributed by atoms with van der Waals surface area (Å²) in [5.41, 5.74) is 8.41. The minimum Gasteiger partial charge on any atom is -0.382 e. The second-order valence-electron chi connectivity index (χ2n) is 3.01. The summed E-state index contributed by atoms with van der Waals surface area (Å²) in [5, 5.41) is 10.9. The van der Waals surface area contributed by atoms with Crippen LogP contribution in [0.3, 0.4) is 0 Å². The molecular formula is C8H11N5. The molecule has 5 nitrogen and oxygen atoms in total. The zero-order valence-corrected chi connectivity index (χ0v) is 7.57. The third-order valence-electron chi connectivity index (χ3n) is 1.90.